The van der Waals surface area contributed by atoms with E-state index in [4.69, 9.17) is 5.11 Å². The number of sulfone groups is 1. The summed E-state index contributed by atoms with van der Waals surface area (Å²) >= 11 is 0. The summed E-state index contributed by atoms with van der Waals surface area (Å²) in [4.78, 5) is 23.1. The number of carbonyl (C=O) groups is 2. The monoisotopic (exact) mass is 289 g/mol. The summed E-state index contributed by atoms with van der Waals surface area (Å²) in [5, 5.41) is 10.7. The summed E-state index contributed by atoms with van der Waals surface area (Å²) < 4.78 is 23.7. The number of hydrogen-bond donors (Lipinski definition) is 2. The number of amides is 1. The van der Waals surface area contributed by atoms with Crippen LogP contribution in [0.3, 0.4) is 0 Å². The minimum atomic E-state index is -3.36. The number of hydrogen-bond acceptors (Lipinski definition) is 4. The molecule has 1 aliphatic carbocycles. The Kier molecular flexibility index (Phi) is 4.13. The number of carboxylic acid groups (broad SMARTS) is 1. The summed E-state index contributed by atoms with van der Waals surface area (Å²) in [5.74, 6) is -1.97. The van der Waals surface area contributed by atoms with E-state index in [-0.39, 0.29) is 5.75 Å². The average molecular weight is 289 g/mol. The maximum absolute atomic E-state index is 12.1. The van der Waals surface area contributed by atoms with Crippen LogP contribution >= 0.6 is 0 Å². The first-order chi connectivity index (χ1) is 8.92. The molecule has 2 rings (SSSR count). The molecule has 3 atom stereocenters. The van der Waals surface area contributed by atoms with Gasteiger partial charge >= 0.3 is 5.97 Å². The molecule has 0 aromatic heterocycles. The van der Waals surface area contributed by atoms with Crippen LogP contribution in [-0.4, -0.2) is 42.4 Å². The molecule has 1 amide bonds. The highest BCUT2D eigenvalue weighted by Gasteiger charge is 2.39. The van der Waals surface area contributed by atoms with Crippen LogP contribution < -0.4 is 5.32 Å². The second kappa shape index (κ2) is 5.48. The standard InChI is InChI=1S/C12H19NO5S/c14-11(10-6-1-2-7-19(10,17)18)13-9-5-3-4-8(9)12(15)16/h8-10H,1-7H2,(H,13,14)(H,15,16). The van der Waals surface area contributed by atoms with Gasteiger partial charge in [-0.05, 0) is 25.7 Å². The fourth-order valence-electron chi connectivity index (χ4n) is 2.95. The molecular formula is C12H19NO5S. The van der Waals surface area contributed by atoms with E-state index in [1.807, 2.05) is 0 Å². The Bertz CT molecular complexity index is 473. The van der Waals surface area contributed by atoms with Crippen molar-refractivity contribution >= 4 is 21.7 Å². The van der Waals surface area contributed by atoms with Crippen LogP contribution in [0.25, 0.3) is 0 Å². The Morgan fingerprint density at radius 1 is 1.05 bits per heavy atom. The second-order valence-corrected chi connectivity index (χ2v) is 7.65. The first-order valence-corrected chi connectivity index (χ1v) is 8.38. The van der Waals surface area contributed by atoms with Gasteiger partial charge in [-0.3, -0.25) is 9.59 Å². The predicted molar refractivity (Wildman–Crippen MR) is 68.3 cm³/mol. The largest absolute Gasteiger partial charge is 0.481 e. The van der Waals surface area contributed by atoms with Crippen molar-refractivity contribution in [1.29, 1.82) is 0 Å². The average Bonchev–Trinajstić information content (AvgIpc) is 2.76. The zero-order chi connectivity index (χ0) is 14.0. The summed E-state index contributed by atoms with van der Waals surface area (Å²) in [7, 11) is -3.36. The van der Waals surface area contributed by atoms with Crippen LogP contribution in [0.4, 0.5) is 0 Å². The molecule has 0 aromatic carbocycles. The Hall–Kier alpha value is -1.11. The molecule has 0 aromatic rings. The molecule has 3 unspecified atom stereocenters. The molecule has 7 heteroatoms. The van der Waals surface area contributed by atoms with Gasteiger partial charge in [-0.15, -0.1) is 0 Å². The zero-order valence-corrected chi connectivity index (χ0v) is 11.5. The predicted octanol–water partition coefficient (Wildman–Crippen LogP) is 0.323. The quantitative estimate of drug-likeness (QED) is 0.779. The molecule has 1 saturated heterocycles. The minimum absolute atomic E-state index is 0.0537. The summed E-state index contributed by atoms with van der Waals surface area (Å²) in [6.07, 6.45) is 3.57. The highest BCUT2D eigenvalue weighted by Crippen LogP contribution is 2.27. The lowest BCUT2D eigenvalue weighted by Crippen LogP contribution is -2.48. The van der Waals surface area contributed by atoms with Gasteiger partial charge in [0.25, 0.3) is 0 Å². The van der Waals surface area contributed by atoms with Gasteiger partial charge in [-0.1, -0.05) is 12.8 Å². The third kappa shape index (κ3) is 3.08. The van der Waals surface area contributed by atoms with Crippen molar-refractivity contribution in [2.24, 2.45) is 5.92 Å². The molecule has 19 heavy (non-hydrogen) atoms. The van der Waals surface area contributed by atoms with Crippen LogP contribution in [0.15, 0.2) is 0 Å². The molecule has 2 fully saturated rings. The number of aliphatic carboxylic acids is 1. The van der Waals surface area contributed by atoms with Crippen molar-refractivity contribution in [3.8, 4) is 0 Å². The van der Waals surface area contributed by atoms with Crippen LogP contribution in [-0.2, 0) is 19.4 Å². The fraction of sp³-hybridized carbons (Fsp3) is 0.833. The molecule has 108 valence electrons. The van der Waals surface area contributed by atoms with E-state index in [2.05, 4.69) is 5.32 Å². The molecule has 0 bridgehead atoms. The molecule has 1 aliphatic heterocycles. The maximum Gasteiger partial charge on any atom is 0.308 e. The van der Waals surface area contributed by atoms with E-state index in [1.54, 1.807) is 0 Å². The van der Waals surface area contributed by atoms with Crippen molar-refractivity contribution in [2.45, 2.75) is 49.8 Å². The minimum Gasteiger partial charge on any atom is -0.481 e. The van der Waals surface area contributed by atoms with E-state index in [1.165, 1.54) is 0 Å². The van der Waals surface area contributed by atoms with Gasteiger partial charge in [0.15, 0.2) is 9.84 Å². The van der Waals surface area contributed by atoms with Crippen LogP contribution in [0.5, 0.6) is 0 Å². The Balaban J connectivity index is 2.02. The third-order valence-corrected chi connectivity index (χ3v) is 6.21. The van der Waals surface area contributed by atoms with Crippen molar-refractivity contribution in [2.75, 3.05) is 5.75 Å². The van der Waals surface area contributed by atoms with E-state index in [9.17, 15) is 18.0 Å². The van der Waals surface area contributed by atoms with Gasteiger partial charge in [0, 0.05) is 6.04 Å². The summed E-state index contributed by atoms with van der Waals surface area (Å²) in [6, 6.07) is -0.429. The van der Waals surface area contributed by atoms with Crippen molar-refractivity contribution in [3.05, 3.63) is 0 Å². The summed E-state index contributed by atoms with van der Waals surface area (Å²) in [5.41, 5.74) is 0. The van der Waals surface area contributed by atoms with Gasteiger partial charge in [0.05, 0.1) is 11.7 Å². The molecule has 6 nitrogen and oxygen atoms in total. The van der Waals surface area contributed by atoms with E-state index < -0.39 is 38.9 Å². The lowest BCUT2D eigenvalue weighted by molar-refractivity contribution is -0.142. The van der Waals surface area contributed by atoms with Crippen LogP contribution in [0.1, 0.15) is 38.5 Å². The van der Waals surface area contributed by atoms with Crippen LogP contribution in [0.2, 0.25) is 0 Å². The first-order valence-electron chi connectivity index (χ1n) is 6.66. The molecule has 0 spiro atoms. The number of carbonyl (C=O) groups excluding carboxylic acids is 1. The fourth-order valence-corrected chi connectivity index (χ4v) is 4.76. The number of carboxylic acids is 1. The molecule has 1 saturated carbocycles. The topological polar surface area (TPSA) is 101 Å². The molecular weight excluding hydrogens is 270 g/mol. The Morgan fingerprint density at radius 3 is 2.42 bits per heavy atom. The molecule has 2 aliphatic rings. The normalized spacial score (nSPS) is 33.8. The smallest absolute Gasteiger partial charge is 0.308 e. The van der Waals surface area contributed by atoms with Crippen molar-refractivity contribution in [1.82, 2.24) is 5.32 Å². The Morgan fingerprint density at radius 2 is 1.79 bits per heavy atom. The highest BCUT2D eigenvalue weighted by molar-refractivity contribution is 7.92. The lowest BCUT2D eigenvalue weighted by Gasteiger charge is -2.24. The van der Waals surface area contributed by atoms with Gasteiger partial charge < -0.3 is 10.4 Å². The molecule has 0 radical (unpaired) electrons. The summed E-state index contributed by atoms with van der Waals surface area (Å²) in [6.45, 7) is 0. The highest BCUT2D eigenvalue weighted by atomic mass is 32.2. The lowest BCUT2D eigenvalue weighted by atomic mass is 10.0. The van der Waals surface area contributed by atoms with Gasteiger partial charge in [-0.2, -0.15) is 0 Å². The third-order valence-electron chi connectivity index (χ3n) is 4.03. The van der Waals surface area contributed by atoms with Gasteiger partial charge in [0.1, 0.15) is 5.25 Å². The Labute approximate surface area is 112 Å². The first kappa shape index (κ1) is 14.3. The number of nitrogens with one attached hydrogen (secondary N) is 1. The van der Waals surface area contributed by atoms with E-state index in [0.29, 0.717) is 25.7 Å². The zero-order valence-electron chi connectivity index (χ0n) is 10.7. The maximum atomic E-state index is 12.1. The van der Waals surface area contributed by atoms with Crippen LogP contribution in [0, 0.1) is 5.92 Å². The SMILES string of the molecule is O=C(O)C1CCCC1NC(=O)C1CCCCS1(=O)=O. The van der Waals surface area contributed by atoms with Gasteiger partial charge in [-0.25, -0.2) is 8.42 Å². The van der Waals surface area contributed by atoms with Crippen molar-refractivity contribution in [3.63, 3.8) is 0 Å². The van der Waals surface area contributed by atoms with Crippen molar-refractivity contribution < 1.29 is 23.1 Å². The number of rotatable bonds is 3. The molecule has 1 heterocycles. The van der Waals surface area contributed by atoms with E-state index in [0.717, 1.165) is 12.8 Å². The molecule has 2 N–H and O–H groups in total. The van der Waals surface area contributed by atoms with E-state index >= 15 is 0 Å². The second-order valence-electron chi connectivity index (χ2n) is 5.34. The van der Waals surface area contributed by atoms with Gasteiger partial charge in [0.2, 0.25) is 5.91 Å².